The SMILES string of the molecule is O=S(=O)(Cc1ccc(F)cc1)NCCC1CCCCN1S(=O)(=O)c1cccs1. The van der Waals surface area contributed by atoms with Gasteiger partial charge in [-0.15, -0.1) is 11.3 Å². The molecule has 28 heavy (non-hydrogen) atoms. The van der Waals surface area contributed by atoms with Crippen LogP contribution in [-0.2, 0) is 25.8 Å². The lowest BCUT2D eigenvalue weighted by Gasteiger charge is -2.34. The van der Waals surface area contributed by atoms with Crippen molar-refractivity contribution < 1.29 is 21.2 Å². The number of rotatable bonds is 8. The van der Waals surface area contributed by atoms with Gasteiger partial charge in [-0.2, -0.15) is 4.31 Å². The van der Waals surface area contributed by atoms with E-state index in [-0.39, 0.29) is 18.3 Å². The summed E-state index contributed by atoms with van der Waals surface area (Å²) in [6, 6.07) is 8.39. The van der Waals surface area contributed by atoms with Gasteiger partial charge in [-0.3, -0.25) is 0 Å². The summed E-state index contributed by atoms with van der Waals surface area (Å²) >= 11 is 1.19. The highest BCUT2D eigenvalue weighted by atomic mass is 32.2. The van der Waals surface area contributed by atoms with E-state index >= 15 is 0 Å². The summed E-state index contributed by atoms with van der Waals surface area (Å²) in [7, 11) is -7.13. The topological polar surface area (TPSA) is 83.6 Å². The fourth-order valence-electron chi connectivity index (χ4n) is 3.34. The number of nitrogens with one attached hydrogen (secondary N) is 1. The Labute approximate surface area is 169 Å². The highest BCUT2D eigenvalue weighted by molar-refractivity contribution is 7.91. The minimum atomic E-state index is -3.58. The fraction of sp³-hybridized carbons (Fsp3) is 0.444. The van der Waals surface area contributed by atoms with Crippen LogP contribution in [0.5, 0.6) is 0 Å². The molecular formula is C18H23FN2O4S3. The van der Waals surface area contributed by atoms with Gasteiger partial charge in [-0.25, -0.2) is 25.9 Å². The standard InChI is InChI=1S/C18H23FN2O4S3/c19-16-8-6-15(7-9-16)14-27(22,23)20-11-10-17-4-1-2-12-21(17)28(24,25)18-5-3-13-26-18/h3,5-9,13,17,20H,1-2,4,10-12,14H2. The summed E-state index contributed by atoms with van der Waals surface area (Å²) in [5, 5.41) is 1.73. The van der Waals surface area contributed by atoms with Crippen molar-refractivity contribution >= 4 is 31.4 Å². The molecule has 1 atom stereocenters. The van der Waals surface area contributed by atoms with Crippen molar-refractivity contribution in [3.8, 4) is 0 Å². The second-order valence-corrected chi connectivity index (χ2v) is 11.6. The number of piperidine rings is 1. The number of nitrogens with zero attached hydrogens (tertiary/aromatic N) is 1. The predicted molar refractivity (Wildman–Crippen MR) is 107 cm³/mol. The van der Waals surface area contributed by atoms with Crippen molar-refractivity contribution in [1.29, 1.82) is 0 Å². The molecule has 1 saturated heterocycles. The van der Waals surface area contributed by atoms with Gasteiger partial charge in [0, 0.05) is 19.1 Å². The van der Waals surface area contributed by atoms with Gasteiger partial charge in [0.15, 0.2) is 0 Å². The molecule has 2 heterocycles. The largest absolute Gasteiger partial charge is 0.252 e. The Morgan fingerprint density at radius 2 is 1.86 bits per heavy atom. The number of sulfonamides is 2. The molecule has 0 aliphatic carbocycles. The summed E-state index contributed by atoms with van der Waals surface area (Å²) in [6.45, 7) is 0.609. The smallest absolute Gasteiger partial charge is 0.215 e. The molecule has 6 nitrogen and oxygen atoms in total. The molecule has 0 amide bonds. The van der Waals surface area contributed by atoms with Crippen molar-refractivity contribution in [3.63, 3.8) is 0 Å². The fourth-order valence-corrected chi connectivity index (χ4v) is 7.34. The van der Waals surface area contributed by atoms with Crippen LogP contribution in [0.1, 0.15) is 31.2 Å². The van der Waals surface area contributed by atoms with Crippen LogP contribution in [0.3, 0.4) is 0 Å². The zero-order chi connectivity index (χ0) is 20.2. The molecule has 1 aromatic carbocycles. The zero-order valence-corrected chi connectivity index (χ0v) is 17.7. The maximum absolute atomic E-state index is 12.9. The van der Waals surface area contributed by atoms with Crippen LogP contribution in [-0.4, -0.2) is 40.3 Å². The Hall–Kier alpha value is -1.33. The van der Waals surface area contributed by atoms with Gasteiger partial charge < -0.3 is 0 Å². The van der Waals surface area contributed by atoms with Crippen molar-refractivity contribution in [2.45, 2.75) is 41.7 Å². The van der Waals surface area contributed by atoms with Crippen molar-refractivity contribution in [1.82, 2.24) is 9.03 Å². The monoisotopic (exact) mass is 446 g/mol. The van der Waals surface area contributed by atoms with Crippen LogP contribution in [0.15, 0.2) is 46.0 Å². The first-order valence-corrected chi connectivity index (χ1v) is 13.0. The molecule has 2 aromatic rings. The Morgan fingerprint density at radius 1 is 1.11 bits per heavy atom. The third-order valence-corrected chi connectivity index (χ3v) is 9.38. The van der Waals surface area contributed by atoms with Gasteiger partial charge in [-0.1, -0.05) is 24.6 Å². The van der Waals surface area contributed by atoms with Crippen molar-refractivity contribution in [3.05, 3.63) is 53.2 Å². The minimum Gasteiger partial charge on any atom is -0.215 e. The summed E-state index contributed by atoms with van der Waals surface area (Å²) in [4.78, 5) is 0. The molecule has 3 rings (SSSR count). The molecule has 1 unspecified atom stereocenters. The number of halogens is 1. The summed E-state index contributed by atoms with van der Waals surface area (Å²) in [5.74, 6) is -0.659. The first-order valence-electron chi connectivity index (χ1n) is 9.05. The van der Waals surface area contributed by atoms with Gasteiger partial charge in [0.05, 0.1) is 5.75 Å². The van der Waals surface area contributed by atoms with Crippen molar-refractivity contribution in [2.75, 3.05) is 13.1 Å². The van der Waals surface area contributed by atoms with Gasteiger partial charge >= 0.3 is 0 Å². The van der Waals surface area contributed by atoms with E-state index in [1.807, 2.05) is 0 Å². The lowest BCUT2D eigenvalue weighted by Crippen LogP contribution is -2.45. The van der Waals surface area contributed by atoms with Gasteiger partial charge in [0.1, 0.15) is 10.0 Å². The van der Waals surface area contributed by atoms with E-state index in [9.17, 15) is 21.2 Å². The van der Waals surface area contributed by atoms with Crippen LogP contribution >= 0.6 is 11.3 Å². The molecule has 0 radical (unpaired) electrons. The molecular weight excluding hydrogens is 423 g/mol. The predicted octanol–water partition coefficient (Wildman–Crippen LogP) is 2.94. The van der Waals surface area contributed by atoms with Crippen LogP contribution in [0.4, 0.5) is 4.39 Å². The van der Waals surface area contributed by atoms with Crippen LogP contribution < -0.4 is 4.72 Å². The third-order valence-electron chi connectivity index (χ3n) is 4.70. The second kappa shape index (κ2) is 9.00. The summed E-state index contributed by atoms with van der Waals surface area (Å²) in [6.07, 6.45) is 2.85. The molecule has 1 aromatic heterocycles. The van der Waals surface area contributed by atoms with E-state index in [0.29, 0.717) is 29.2 Å². The highest BCUT2D eigenvalue weighted by Crippen LogP contribution is 2.29. The number of hydrogen-bond donors (Lipinski definition) is 1. The second-order valence-electron chi connectivity index (χ2n) is 6.77. The Kier molecular flexibility index (Phi) is 6.87. The molecule has 1 aliphatic rings. The number of benzene rings is 1. The molecule has 10 heteroatoms. The van der Waals surface area contributed by atoms with E-state index in [0.717, 1.165) is 12.8 Å². The molecule has 1 fully saturated rings. The van der Waals surface area contributed by atoms with Gasteiger partial charge in [-0.05, 0) is 48.4 Å². The molecule has 0 saturated carbocycles. The maximum atomic E-state index is 12.9. The van der Waals surface area contributed by atoms with Gasteiger partial charge in [0.2, 0.25) is 10.0 Å². The molecule has 154 valence electrons. The summed E-state index contributed by atoms with van der Waals surface area (Å²) in [5.41, 5.74) is 0.494. The average molecular weight is 447 g/mol. The Bertz CT molecular complexity index is 974. The van der Waals surface area contributed by atoms with E-state index in [2.05, 4.69) is 4.72 Å². The van der Waals surface area contributed by atoms with Gasteiger partial charge in [0.25, 0.3) is 10.0 Å². The molecule has 0 bridgehead atoms. The van der Waals surface area contributed by atoms with Crippen LogP contribution in [0, 0.1) is 5.82 Å². The number of thiophene rings is 1. The zero-order valence-electron chi connectivity index (χ0n) is 15.3. The van der Waals surface area contributed by atoms with Crippen LogP contribution in [0.2, 0.25) is 0 Å². The van der Waals surface area contributed by atoms with E-state index in [4.69, 9.17) is 0 Å². The Balaban J connectivity index is 1.60. The normalized spacial score (nSPS) is 19.0. The first kappa shape index (κ1) is 21.4. The highest BCUT2D eigenvalue weighted by Gasteiger charge is 2.33. The molecule has 0 spiro atoms. The quantitative estimate of drug-likeness (QED) is 0.676. The lowest BCUT2D eigenvalue weighted by atomic mass is 10.0. The first-order chi connectivity index (χ1) is 13.3. The van der Waals surface area contributed by atoms with E-state index in [1.165, 1.54) is 39.9 Å². The lowest BCUT2D eigenvalue weighted by molar-refractivity contribution is 0.242. The van der Waals surface area contributed by atoms with E-state index in [1.54, 1.807) is 17.5 Å². The third kappa shape index (κ3) is 5.38. The minimum absolute atomic E-state index is 0.157. The Morgan fingerprint density at radius 3 is 2.54 bits per heavy atom. The van der Waals surface area contributed by atoms with E-state index < -0.39 is 25.9 Å². The maximum Gasteiger partial charge on any atom is 0.252 e. The average Bonchev–Trinajstić information content (AvgIpc) is 3.19. The molecule has 1 N–H and O–H groups in total. The number of hydrogen-bond acceptors (Lipinski definition) is 5. The van der Waals surface area contributed by atoms with Crippen LogP contribution in [0.25, 0.3) is 0 Å². The van der Waals surface area contributed by atoms with Crippen molar-refractivity contribution in [2.24, 2.45) is 0 Å². The summed E-state index contributed by atoms with van der Waals surface area (Å²) < 4.78 is 67.5. The molecule has 1 aliphatic heterocycles.